The first-order valence-electron chi connectivity index (χ1n) is 7.90. The molecule has 2 aromatic heterocycles. The third-order valence-electron chi connectivity index (χ3n) is 3.67. The number of carbonyl (C=O) groups excluding carboxylic acids is 1. The summed E-state index contributed by atoms with van der Waals surface area (Å²) in [6.45, 7) is 4.04. The van der Waals surface area contributed by atoms with E-state index < -0.39 is 0 Å². The standard InChI is InChI=1S/C18H19N3O2S/c1-3-12(2)19-16(22)11-24-18-13-7-4-5-8-14(13)20-17(21-18)15-9-6-10-23-15/h4-10,12H,3,11H2,1-2H3,(H,19,22)/t12-/m1/s1. The Kier molecular flexibility index (Phi) is 5.15. The van der Waals surface area contributed by atoms with Crippen LogP contribution in [0.2, 0.25) is 0 Å². The lowest BCUT2D eigenvalue weighted by atomic mass is 10.2. The number of nitrogens with zero attached hydrogens (tertiary/aromatic N) is 2. The van der Waals surface area contributed by atoms with E-state index in [1.807, 2.05) is 44.2 Å². The molecule has 0 bridgehead atoms. The van der Waals surface area contributed by atoms with Crippen LogP contribution in [-0.4, -0.2) is 27.7 Å². The zero-order valence-electron chi connectivity index (χ0n) is 13.7. The minimum absolute atomic E-state index is 0.0107. The van der Waals surface area contributed by atoms with Crippen molar-refractivity contribution in [2.24, 2.45) is 0 Å². The second kappa shape index (κ2) is 7.49. The van der Waals surface area contributed by atoms with Crippen molar-refractivity contribution in [1.29, 1.82) is 0 Å². The fourth-order valence-electron chi connectivity index (χ4n) is 2.23. The highest BCUT2D eigenvalue weighted by Gasteiger charge is 2.13. The molecular formula is C18H19N3O2S. The highest BCUT2D eigenvalue weighted by atomic mass is 32.2. The quantitative estimate of drug-likeness (QED) is 0.544. The fourth-order valence-corrected chi connectivity index (χ4v) is 3.06. The summed E-state index contributed by atoms with van der Waals surface area (Å²) in [5.74, 6) is 1.48. The van der Waals surface area contributed by atoms with Crippen LogP contribution in [0.4, 0.5) is 0 Å². The van der Waals surface area contributed by atoms with Gasteiger partial charge in [0.2, 0.25) is 5.91 Å². The topological polar surface area (TPSA) is 68.0 Å². The van der Waals surface area contributed by atoms with Crippen molar-refractivity contribution in [2.45, 2.75) is 31.3 Å². The smallest absolute Gasteiger partial charge is 0.230 e. The summed E-state index contributed by atoms with van der Waals surface area (Å²) in [7, 11) is 0. The van der Waals surface area contributed by atoms with Gasteiger partial charge in [-0.15, -0.1) is 0 Å². The number of para-hydroxylation sites is 1. The van der Waals surface area contributed by atoms with Crippen molar-refractivity contribution in [1.82, 2.24) is 15.3 Å². The van der Waals surface area contributed by atoms with E-state index in [4.69, 9.17) is 4.42 Å². The summed E-state index contributed by atoms with van der Waals surface area (Å²) < 4.78 is 5.40. The van der Waals surface area contributed by atoms with Gasteiger partial charge < -0.3 is 9.73 Å². The van der Waals surface area contributed by atoms with Crippen LogP contribution >= 0.6 is 11.8 Å². The first kappa shape index (κ1) is 16.5. The first-order chi connectivity index (χ1) is 11.7. The third kappa shape index (κ3) is 3.76. The SMILES string of the molecule is CC[C@@H](C)NC(=O)CSc1nc(-c2ccco2)nc2ccccc12. The minimum atomic E-state index is 0.0107. The van der Waals surface area contributed by atoms with Crippen LogP contribution in [0.5, 0.6) is 0 Å². The van der Waals surface area contributed by atoms with Gasteiger partial charge in [0, 0.05) is 11.4 Å². The predicted molar refractivity (Wildman–Crippen MR) is 95.9 cm³/mol. The molecule has 24 heavy (non-hydrogen) atoms. The maximum Gasteiger partial charge on any atom is 0.230 e. The lowest BCUT2D eigenvalue weighted by Crippen LogP contribution is -2.33. The maximum absolute atomic E-state index is 12.0. The molecule has 5 nitrogen and oxygen atoms in total. The molecule has 3 aromatic rings. The van der Waals surface area contributed by atoms with Crippen molar-refractivity contribution in [3.8, 4) is 11.6 Å². The Hall–Kier alpha value is -2.34. The molecule has 0 aliphatic carbocycles. The van der Waals surface area contributed by atoms with E-state index in [9.17, 15) is 4.79 Å². The van der Waals surface area contributed by atoms with Crippen LogP contribution in [0.15, 0.2) is 52.1 Å². The molecule has 0 spiro atoms. The molecule has 1 aromatic carbocycles. The molecule has 2 heterocycles. The monoisotopic (exact) mass is 341 g/mol. The Morgan fingerprint density at radius 3 is 2.83 bits per heavy atom. The van der Waals surface area contributed by atoms with Gasteiger partial charge in [-0.05, 0) is 31.5 Å². The molecule has 1 atom stereocenters. The number of thioether (sulfide) groups is 1. The van der Waals surface area contributed by atoms with Gasteiger partial charge in [0.25, 0.3) is 0 Å². The molecule has 3 rings (SSSR count). The van der Waals surface area contributed by atoms with E-state index in [0.717, 1.165) is 22.3 Å². The van der Waals surface area contributed by atoms with E-state index in [2.05, 4.69) is 15.3 Å². The van der Waals surface area contributed by atoms with Crippen LogP contribution in [-0.2, 0) is 4.79 Å². The van der Waals surface area contributed by atoms with Crippen LogP contribution in [0.3, 0.4) is 0 Å². The van der Waals surface area contributed by atoms with Gasteiger partial charge in [0.15, 0.2) is 11.6 Å². The largest absolute Gasteiger partial charge is 0.461 e. The Labute approximate surface area is 144 Å². The second-order valence-electron chi connectivity index (χ2n) is 5.51. The van der Waals surface area contributed by atoms with Crippen LogP contribution in [0, 0.1) is 0 Å². The molecule has 6 heteroatoms. The van der Waals surface area contributed by atoms with E-state index in [-0.39, 0.29) is 11.9 Å². The molecule has 0 saturated carbocycles. The summed E-state index contributed by atoms with van der Waals surface area (Å²) >= 11 is 1.42. The predicted octanol–water partition coefficient (Wildman–Crippen LogP) is 3.90. The molecule has 1 amide bonds. The number of hydrogen-bond donors (Lipinski definition) is 1. The van der Waals surface area contributed by atoms with Gasteiger partial charge in [-0.2, -0.15) is 0 Å². The van der Waals surface area contributed by atoms with Crippen molar-refractivity contribution in [3.05, 3.63) is 42.7 Å². The number of aromatic nitrogens is 2. The van der Waals surface area contributed by atoms with Gasteiger partial charge in [-0.1, -0.05) is 36.9 Å². The normalized spacial score (nSPS) is 12.2. The zero-order valence-corrected chi connectivity index (χ0v) is 14.5. The van der Waals surface area contributed by atoms with Gasteiger partial charge in [-0.25, -0.2) is 9.97 Å². The van der Waals surface area contributed by atoms with Crippen LogP contribution in [0.1, 0.15) is 20.3 Å². The molecule has 0 radical (unpaired) electrons. The summed E-state index contributed by atoms with van der Waals surface area (Å²) in [6, 6.07) is 11.6. The average Bonchev–Trinajstić information content (AvgIpc) is 3.14. The number of rotatable bonds is 6. The van der Waals surface area contributed by atoms with Crippen molar-refractivity contribution in [3.63, 3.8) is 0 Å². The third-order valence-corrected chi connectivity index (χ3v) is 4.66. The zero-order chi connectivity index (χ0) is 16.9. The maximum atomic E-state index is 12.0. The van der Waals surface area contributed by atoms with Crippen LogP contribution < -0.4 is 5.32 Å². The van der Waals surface area contributed by atoms with Crippen molar-refractivity contribution in [2.75, 3.05) is 5.75 Å². The van der Waals surface area contributed by atoms with E-state index in [0.29, 0.717) is 17.3 Å². The Morgan fingerprint density at radius 1 is 1.25 bits per heavy atom. The Bertz CT molecular complexity index is 833. The number of hydrogen-bond acceptors (Lipinski definition) is 5. The molecular weight excluding hydrogens is 322 g/mol. The summed E-state index contributed by atoms with van der Waals surface area (Å²) in [5.41, 5.74) is 0.837. The lowest BCUT2D eigenvalue weighted by molar-refractivity contribution is -0.119. The number of fused-ring (bicyclic) bond motifs is 1. The molecule has 0 unspecified atom stereocenters. The molecule has 0 saturated heterocycles. The highest BCUT2D eigenvalue weighted by molar-refractivity contribution is 8.00. The molecule has 124 valence electrons. The number of nitrogens with one attached hydrogen (secondary N) is 1. The Morgan fingerprint density at radius 2 is 2.08 bits per heavy atom. The molecule has 0 aliphatic rings. The summed E-state index contributed by atoms with van der Waals surface area (Å²) in [5, 5.41) is 4.69. The number of furan rings is 1. The molecule has 1 N–H and O–H groups in total. The molecule has 0 fully saturated rings. The number of amides is 1. The average molecular weight is 341 g/mol. The van der Waals surface area contributed by atoms with Crippen molar-refractivity contribution < 1.29 is 9.21 Å². The number of benzene rings is 1. The first-order valence-corrected chi connectivity index (χ1v) is 8.88. The van der Waals surface area contributed by atoms with Crippen molar-refractivity contribution >= 4 is 28.6 Å². The van der Waals surface area contributed by atoms with E-state index >= 15 is 0 Å². The lowest BCUT2D eigenvalue weighted by Gasteiger charge is -2.11. The van der Waals surface area contributed by atoms with Gasteiger partial charge in [0.1, 0.15) is 5.03 Å². The minimum Gasteiger partial charge on any atom is -0.461 e. The van der Waals surface area contributed by atoms with Gasteiger partial charge >= 0.3 is 0 Å². The van der Waals surface area contributed by atoms with Gasteiger partial charge in [-0.3, -0.25) is 4.79 Å². The highest BCUT2D eigenvalue weighted by Crippen LogP contribution is 2.28. The van der Waals surface area contributed by atoms with E-state index in [1.54, 1.807) is 12.3 Å². The second-order valence-corrected chi connectivity index (χ2v) is 6.48. The van der Waals surface area contributed by atoms with Crippen LogP contribution in [0.25, 0.3) is 22.5 Å². The summed E-state index contributed by atoms with van der Waals surface area (Å²) in [4.78, 5) is 21.2. The van der Waals surface area contributed by atoms with E-state index in [1.165, 1.54) is 11.8 Å². The number of carbonyl (C=O) groups is 1. The summed E-state index contributed by atoms with van der Waals surface area (Å²) in [6.07, 6.45) is 2.51. The van der Waals surface area contributed by atoms with Gasteiger partial charge in [0.05, 0.1) is 17.5 Å². The molecule has 0 aliphatic heterocycles. The Balaban J connectivity index is 1.87. The fraction of sp³-hybridized carbons (Fsp3) is 0.278.